The van der Waals surface area contributed by atoms with E-state index in [-0.39, 0.29) is 12.5 Å². The van der Waals surface area contributed by atoms with Crippen molar-refractivity contribution < 1.29 is 9.90 Å². The van der Waals surface area contributed by atoms with Crippen molar-refractivity contribution in [3.8, 4) is 0 Å². The maximum Gasteiger partial charge on any atom is 0.308 e. The molecule has 5 heteroatoms. The molecule has 1 aromatic carbocycles. The van der Waals surface area contributed by atoms with Crippen molar-refractivity contribution in [1.29, 1.82) is 0 Å². The third kappa shape index (κ3) is 4.44. The summed E-state index contributed by atoms with van der Waals surface area (Å²) < 4.78 is 1.07. The van der Waals surface area contributed by atoms with Gasteiger partial charge in [0.1, 0.15) is 0 Å². The van der Waals surface area contributed by atoms with Crippen molar-refractivity contribution in [2.75, 3.05) is 0 Å². The summed E-state index contributed by atoms with van der Waals surface area (Å²) in [6, 6.07) is 12.4. The lowest BCUT2D eigenvalue weighted by molar-refractivity contribution is -0.136. The molecule has 0 spiro atoms. The Kier molecular flexibility index (Phi) is 5.34. The first-order valence-electron chi connectivity index (χ1n) is 6.33. The van der Waals surface area contributed by atoms with E-state index in [1.54, 1.807) is 11.3 Å². The van der Waals surface area contributed by atoms with E-state index < -0.39 is 5.97 Å². The van der Waals surface area contributed by atoms with E-state index in [1.165, 1.54) is 5.56 Å². The zero-order chi connectivity index (χ0) is 14.5. The van der Waals surface area contributed by atoms with Crippen molar-refractivity contribution in [3.05, 3.63) is 56.2 Å². The van der Waals surface area contributed by atoms with Crippen LogP contribution in [0.25, 0.3) is 0 Å². The molecule has 1 aromatic heterocycles. The molecule has 0 saturated heterocycles. The number of thiophene rings is 1. The van der Waals surface area contributed by atoms with Gasteiger partial charge in [-0.15, -0.1) is 11.3 Å². The predicted molar refractivity (Wildman–Crippen MR) is 85.1 cm³/mol. The van der Waals surface area contributed by atoms with E-state index in [2.05, 4.69) is 40.3 Å². The molecule has 0 aliphatic heterocycles. The van der Waals surface area contributed by atoms with E-state index in [0.29, 0.717) is 0 Å². The van der Waals surface area contributed by atoms with Gasteiger partial charge in [-0.05, 0) is 36.8 Å². The minimum Gasteiger partial charge on any atom is -0.481 e. The number of halogens is 1. The summed E-state index contributed by atoms with van der Waals surface area (Å²) >= 11 is 4.98. The summed E-state index contributed by atoms with van der Waals surface area (Å²) in [5.74, 6) is -0.783. The quantitative estimate of drug-likeness (QED) is 0.825. The van der Waals surface area contributed by atoms with Gasteiger partial charge in [-0.25, -0.2) is 0 Å². The Morgan fingerprint density at radius 1 is 1.25 bits per heavy atom. The molecule has 0 unspecified atom stereocenters. The first-order valence-corrected chi connectivity index (χ1v) is 7.94. The number of benzene rings is 1. The van der Waals surface area contributed by atoms with E-state index in [4.69, 9.17) is 5.11 Å². The van der Waals surface area contributed by atoms with Crippen LogP contribution in [0.5, 0.6) is 0 Å². The highest BCUT2D eigenvalue weighted by Gasteiger charge is 2.07. The Bertz CT molecular complexity index is 580. The first-order chi connectivity index (χ1) is 9.54. The van der Waals surface area contributed by atoms with Gasteiger partial charge in [0.05, 0.1) is 6.42 Å². The lowest BCUT2D eigenvalue weighted by atomic mass is 10.1. The first kappa shape index (κ1) is 15.2. The normalized spacial score (nSPS) is 12.3. The van der Waals surface area contributed by atoms with Crippen LogP contribution in [0.1, 0.15) is 28.3 Å². The molecule has 2 N–H and O–H groups in total. The Labute approximate surface area is 130 Å². The van der Waals surface area contributed by atoms with Gasteiger partial charge in [-0.3, -0.25) is 4.79 Å². The van der Waals surface area contributed by atoms with Gasteiger partial charge in [0.2, 0.25) is 0 Å². The molecule has 1 heterocycles. The molecule has 106 valence electrons. The van der Waals surface area contributed by atoms with Crippen molar-refractivity contribution in [2.24, 2.45) is 0 Å². The third-order valence-corrected chi connectivity index (χ3v) is 4.61. The van der Waals surface area contributed by atoms with Crippen LogP contribution in [0.2, 0.25) is 0 Å². The largest absolute Gasteiger partial charge is 0.481 e. The molecule has 0 aliphatic carbocycles. The highest BCUT2D eigenvalue weighted by atomic mass is 79.9. The summed E-state index contributed by atoms with van der Waals surface area (Å²) in [6.07, 6.45) is 0.104. The molecule has 3 nitrogen and oxygen atoms in total. The topological polar surface area (TPSA) is 49.3 Å². The number of aliphatic carboxylic acids is 1. The second kappa shape index (κ2) is 7.02. The van der Waals surface area contributed by atoms with Crippen molar-refractivity contribution >= 4 is 33.2 Å². The smallest absolute Gasteiger partial charge is 0.308 e. The van der Waals surface area contributed by atoms with Gasteiger partial charge in [-0.2, -0.15) is 0 Å². The fourth-order valence-electron chi connectivity index (χ4n) is 1.88. The molecule has 0 saturated carbocycles. The van der Waals surface area contributed by atoms with Crippen LogP contribution in [0.4, 0.5) is 0 Å². The minimum absolute atomic E-state index is 0.104. The second-order valence-corrected chi connectivity index (χ2v) is 6.76. The molecule has 0 bridgehead atoms. The molecule has 0 fully saturated rings. The fraction of sp³-hybridized carbons (Fsp3) is 0.267. The number of rotatable bonds is 6. The van der Waals surface area contributed by atoms with Gasteiger partial charge < -0.3 is 10.4 Å². The zero-order valence-electron chi connectivity index (χ0n) is 11.1. The van der Waals surface area contributed by atoms with Crippen LogP contribution in [-0.4, -0.2) is 11.1 Å². The number of carboxylic acids is 1. The molecule has 2 rings (SSSR count). The average molecular weight is 354 g/mol. The Morgan fingerprint density at radius 2 is 1.90 bits per heavy atom. The SMILES string of the molecule is C[C@H](NCc1ccc(CC(=O)O)s1)c1ccc(Br)cc1. The lowest BCUT2D eigenvalue weighted by Crippen LogP contribution is -2.17. The number of nitrogens with one attached hydrogen (secondary N) is 1. The molecule has 0 aliphatic rings. The average Bonchev–Trinajstić information content (AvgIpc) is 2.83. The van der Waals surface area contributed by atoms with Crippen LogP contribution in [0.3, 0.4) is 0 Å². The number of carbonyl (C=O) groups is 1. The Hall–Kier alpha value is -1.17. The van der Waals surface area contributed by atoms with Crippen LogP contribution < -0.4 is 5.32 Å². The standard InChI is InChI=1S/C15H16BrNO2S/c1-10(11-2-4-12(16)5-3-11)17-9-14-7-6-13(20-14)8-15(18)19/h2-7,10,17H,8-9H2,1H3,(H,18,19)/t10-/m0/s1. The molecule has 1 atom stereocenters. The zero-order valence-corrected chi connectivity index (χ0v) is 13.5. The van der Waals surface area contributed by atoms with Gasteiger partial charge in [0.25, 0.3) is 0 Å². The van der Waals surface area contributed by atoms with Gasteiger partial charge >= 0.3 is 5.97 Å². The van der Waals surface area contributed by atoms with Gasteiger partial charge in [0.15, 0.2) is 0 Å². The monoisotopic (exact) mass is 353 g/mol. The van der Waals surface area contributed by atoms with Crippen molar-refractivity contribution in [3.63, 3.8) is 0 Å². The van der Waals surface area contributed by atoms with Crippen LogP contribution in [0, 0.1) is 0 Å². The molecule has 0 amide bonds. The highest BCUT2D eigenvalue weighted by Crippen LogP contribution is 2.20. The summed E-state index contributed by atoms with van der Waals surface area (Å²) in [4.78, 5) is 12.7. The van der Waals surface area contributed by atoms with E-state index in [9.17, 15) is 4.79 Å². The van der Waals surface area contributed by atoms with Gasteiger partial charge in [-0.1, -0.05) is 28.1 Å². The third-order valence-electron chi connectivity index (χ3n) is 3.00. The van der Waals surface area contributed by atoms with Crippen LogP contribution in [0.15, 0.2) is 40.9 Å². The maximum atomic E-state index is 10.6. The summed E-state index contributed by atoms with van der Waals surface area (Å²) in [7, 11) is 0. The number of hydrogen-bond donors (Lipinski definition) is 2. The molecule has 2 aromatic rings. The van der Waals surface area contributed by atoms with Crippen LogP contribution >= 0.6 is 27.3 Å². The molecule has 0 radical (unpaired) electrons. The van der Waals surface area contributed by atoms with E-state index in [0.717, 1.165) is 20.8 Å². The lowest BCUT2D eigenvalue weighted by Gasteiger charge is -2.13. The van der Waals surface area contributed by atoms with E-state index in [1.807, 2.05) is 24.3 Å². The summed E-state index contributed by atoms with van der Waals surface area (Å²) in [6.45, 7) is 2.87. The number of carboxylic acid groups (broad SMARTS) is 1. The van der Waals surface area contributed by atoms with Crippen molar-refractivity contribution in [2.45, 2.75) is 25.9 Å². The minimum atomic E-state index is -0.783. The predicted octanol–water partition coefficient (Wildman–Crippen LogP) is 3.99. The summed E-state index contributed by atoms with van der Waals surface area (Å²) in [5, 5.41) is 12.2. The molecular formula is C15H16BrNO2S. The fourth-order valence-corrected chi connectivity index (χ4v) is 3.11. The van der Waals surface area contributed by atoms with E-state index >= 15 is 0 Å². The second-order valence-electron chi connectivity index (χ2n) is 4.59. The maximum absolute atomic E-state index is 10.6. The summed E-state index contributed by atoms with van der Waals surface area (Å²) in [5.41, 5.74) is 1.23. The highest BCUT2D eigenvalue weighted by molar-refractivity contribution is 9.10. The van der Waals surface area contributed by atoms with Gasteiger partial charge in [0, 0.05) is 26.8 Å². The van der Waals surface area contributed by atoms with Crippen LogP contribution in [-0.2, 0) is 17.8 Å². The molecular weight excluding hydrogens is 338 g/mol. The Balaban J connectivity index is 1.89. The Morgan fingerprint density at radius 3 is 2.55 bits per heavy atom. The van der Waals surface area contributed by atoms with Crippen molar-refractivity contribution in [1.82, 2.24) is 5.32 Å². The molecule has 20 heavy (non-hydrogen) atoms. The number of hydrogen-bond acceptors (Lipinski definition) is 3.